The molecule has 1 aromatic heterocycles. The number of benzene rings is 2. The van der Waals surface area contributed by atoms with Crippen molar-refractivity contribution in [2.75, 3.05) is 45.3 Å². The molecule has 0 aliphatic carbocycles. The first-order valence-electron chi connectivity index (χ1n) is 14.3. The smallest absolute Gasteiger partial charge is 0.246 e. The summed E-state index contributed by atoms with van der Waals surface area (Å²) in [6, 6.07) is 15.0. The standard InChI is InChI=1S/C33H38ClFN6O/c1-7-30(42)39-14-15-40(22(4)18-39)32-26-17-27(34)31(24-10-8-9-11-28(24)35)37-33(26)41(20-36-32)29-13-12-23(19-38(5)6)16-25(29)21(2)3/h7-13,16-17,21-22H,1,14-15,18-20H2,2-6H3. The number of carbonyl (C=O) groups excluding carboxylic acids is 1. The molecule has 7 nitrogen and oxygen atoms in total. The van der Waals surface area contributed by atoms with Gasteiger partial charge in [0.05, 0.1) is 16.3 Å². The van der Waals surface area contributed by atoms with Gasteiger partial charge in [0.2, 0.25) is 5.91 Å². The third kappa shape index (κ3) is 5.78. The third-order valence-corrected chi connectivity index (χ3v) is 8.12. The fourth-order valence-electron chi connectivity index (χ4n) is 5.79. The number of hydrogen-bond acceptors (Lipinski definition) is 6. The van der Waals surface area contributed by atoms with Crippen LogP contribution < -0.4 is 4.90 Å². The average molecular weight is 589 g/mol. The second-order valence-electron chi connectivity index (χ2n) is 11.5. The Kier molecular flexibility index (Phi) is 8.66. The normalized spacial score (nSPS) is 17.0. The number of amides is 1. The van der Waals surface area contributed by atoms with Gasteiger partial charge >= 0.3 is 0 Å². The summed E-state index contributed by atoms with van der Waals surface area (Å²) in [5, 5.41) is 0.354. The minimum Gasteiger partial charge on any atom is -0.350 e. The van der Waals surface area contributed by atoms with Crippen molar-refractivity contribution in [3.63, 3.8) is 0 Å². The molecule has 5 rings (SSSR count). The van der Waals surface area contributed by atoms with Crippen molar-refractivity contribution >= 4 is 34.8 Å². The van der Waals surface area contributed by atoms with E-state index in [1.807, 2.05) is 11.0 Å². The van der Waals surface area contributed by atoms with Gasteiger partial charge in [-0.1, -0.05) is 56.3 Å². The molecule has 2 aliphatic heterocycles. The van der Waals surface area contributed by atoms with E-state index in [0.29, 0.717) is 48.4 Å². The number of hydrogen-bond donors (Lipinski definition) is 0. The van der Waals surface area contributed by atoms with Gasteiger partial charge < -0.3 is 19.6 Å². The highest BCUT2D eigenvalue weighted by Gasteiger charge is 2.34. The van der Waals surface area contributed by atoms with E-state index in [-0.39, 0.29) is 23.7 Å². The molecule has 0 spiro atoms. The molecule has 220 valence electrons. The van der Waals surface area contributed by atoms with Crippen LogP contribution >= 0.6 is 11.6 Å². The van der Waals surface area contributed by atoms with E-state index >= 15 is 0 Å². The highest BCUT2D eigenvalue weighted by molar-refractivity contribution is 6.33. The molecule has 0 bridgehead atoms. The minimum atomic E-state index is -0.379. The molecule has 3 aromatic rings. The first-order chi connectivity index (χ1) is 20.1. The van der Waals surface area contributed by atoms with Crippen LogP contribution in [0.5, 0.6) is 0 Å². The topological polar surface area (TPSA) is 55.3 Å². The Morgan fingerprint density at radius 3 is 2.60 bits per heavy atom. The zero-order chi connectivity index (χ0) is 30.1. The molecule has 2 aromatic carbocycles. The highest BCUT2D eigenvalue weighted by Crippen LogP contribution is 2.41. The van der Waals surface area contributed by atoms with E-state index in [0.717, 1.165) is 23.6 Å². The summed E-state index contributed by atoms with van der Waals surface area (Å²) >= 11 is 6.85. The Balaban J connectivity index is 1.63. The number of anilines is 2. The maximum absolute atomic E-state index is 15.0. The number of pyridine rings is 1. The molecule has 9 heteroatoms. The fraction of sp³-hybridized carbons (Fsp3) is 0.364. The zero-order valence-corrected chi connectivity index (χ0v) is 25.7. The molecule has 1 saturated heterocycles. The molecule has 2 aliphatic rings. The van der Waals surface area contributed by atoms with Crippen LogP contribution in [0.1, 0.15) is 43.4 Å². The van der Waals surface area contributed by atoms with Crippen molar-refractivity contribution in [2.24, 2.45) is 4.99 Å². The van der Waals surface area contributed by atoms with Crippen LogP contribution in [0.3, 0.4) is 0 Å². The Morgan fingerprint density at radius 2 is 1.93 bits per heavy atom. The average Bonchev–Trinajstić information content (AvgIpc) is 2.96. The first-order valence-corrected chi connectivity index (χ1v) is 14.7. The van der Waals surface area contributed by atoms with Crippen molar-refractivity contribution in [2.45, 2.75) is 39.3 Å². The molecule has 1 atom stereocenters. The predicted octanol–water partition coefficient (Wildman–Crippen LogP) is 6.30. The summed E-state index contributed by atoms with van der Waals surface area (Å²) in [5.74, 6) is 1.27. The number of halogens is 2. The second kappa shape index (κ2) is 12.2. The van der Waals surface area contributed by atoms with E-state index in [4.69, 9.17) is 21.6 Å². The number of nitrogens with zero attached hydrogens (tertiary/aromatic N) is 6. The number of rotatable bonds is 6. The number of carbonyl (C=O) groups is 1. The third-order valence-electron chi connectivity index (χ3n) is 7.83. The number of amidine groups is 1. The fourth-order valence-corrected chi connectivity index (χ4v) is 6.05. The molecule has 0 radical (unpaired) electrons. The van der Waals surface area contributed by atoms with Gasteiger partial charge in [0.1, 0.15) is 24.1 Å². The first kappa shape index (κ1) is 29.7. The lowest BCUT2D eigenvalue weighted by Crippen LogP contribution is -2.56. The van der Waals surface area contributed by atoms with Gasteiger partial charge in [0, 0.05) is 43.5 Å². The largest absolute Gasteiger partial charge is 0.350 e. The molecule has 0 saturated carbocycles. The van der Waals surface area contributed by atoms with Gasteiger partial charge in [0.25, 0.3) is 0 Å². The number of fused-ring (bicyclic) bond motifs is 1. The second-order valence-corrected chi connectivity index (χ2v) is 11.9. The Bertz CT molecular complexity index is 1540. The summed E-state index contributed by atoms with van der Waals surface area (Å²) in [6.07, 6.45) is 1.36. The van der Waals surface area contributed by atoms with Crippen molar-refractivity contribution in [3.05, 3.63) is 88.7 Å². The lowest BCUT2D eigenvalue weighted by Gasteiger charge is -2.43. The van der Waals surface area contributed by atoms with Gasteiger partial charge in [0.15, 0.2) is 0 Å². The molecular formula is C33H38ClFN6O. The summed E-state index contributed by atoms with van der Waals surface area (Å²) in [7, 11) is 4.12. The van der Waals surface area contributed by atoms with E-state index in [1.165, 1.54) is 23.3 Å². The monoisotopic (exact) mass is 588 g/mol. The molecule has 1 amide bonds. The summed E-state index contributed by atoms with van der Waals surface area (Å²) in [6.45, 7) is 13.0. The van der Waals surface area contributed by atoms with E-state index in [2.05, 4.69) is 74.3 Å². The Hall–Kier alpha value is -3.75. The molecular weight excluding hydrogens is 551 g/mol. The van der Waals surface area contributed by atoms with Crippen LogP contribution in [0.15, 0.2) is 66.2 Å². The van der Waals surface area contributed by atoms with Gasteiger partial charge in [-0.2, -0.15) is 0 Å². The number of piperazine rings is 1. The summed E-state index contributed by atoms with van der Waals surface area (Å²) in [5.41, 5.74) is 4.96. The van der Waals surface area contributed by atoms with Crippen LogP contribution in [-0.2, 0) is 11.3 Å². The van der Waals surface area contributed by atoms with E-state index < -0.39 is 0 Å². The summed E-state index contributed by atoms with van der Waals surface area (Å²) in [4.78, 5) is 30.7. The molecule has 42 heavy (non-hydrogen) atoms. The van der Waals surface area contributed by atoms with Crippen LogP contribution in [0.4, 0.5) is 15.9 Å². The SMILES string of the molecule is C=CC(=O)N1CCN(C2=NCN(c3ccc(CN(C)C)cc3C(C)C)c3nc(-c4ccccc4F)c(Cl)cc32)C(C)C1. The summed E-state index contributed by atoms with van der Waals surface area (Å²) < 4.78 is 15.0. The van der Waals surface area contributed by atoms with Crippen LogP contribution in [0.25, 0.3) is 11.3 Å². The number of aliphatic imine (C=N–C) groups is 1. The van der Waals surface area contributed by atoms with Crippen LogP contribution in [0, 0.1) is 5.82 Å². The molecule has 3 heterocycles. The Labute approximate surface area is 252 Å². The van der Waals surface area contributed by atoms with Crippen molar-refractivity contribution in [3.8, 4) is 11.3 Å². The van der Waals surface area contributed by atoms with Crippen molar-refractivity contribution in [1.82, 2.24) is 19.7 Å². The lowest BCUT2D eigenvalue weighted by atomic mass is 9.97. The van der Waals surface area contributed by atoms with Crippen molar-refractivity contribution < 1.29 is 9.18 Å². The van der Waals surface area contributed by atoms with E-state index in [9.17, 15) is 9.18 Å². The lowest BCUT2D eigenvalue weighted by molar-refractivity contribution is -0.128. The molecule has 1 unspecified atom stereocenters. The van der Waals surface area contributed by atoms with Gasteiger partial charge in [-0.3, -0.25) is 4.79 Å². The highest BCUT2D eigenvalue weighted by atomic mass is 35.5. The predicted molar refractivity (Wildman–Crippen MR) is 169 cm³/mol. The zero-order valence-electron chi connectivity index (χ0n) is 24.9. The maximum atomic E-state index is 15.0. The molecule has 0 N–H and O–H groups in total. The number of aromatic nitrogens is 1. The minimum absolute atomic E-state index is 0.0161. The maximum Gasteiger partial charge on any atom is 0.246 e. The van der Waals surface area contributed by atoms with Crippen LogP contribution in [-0.4, -0.2) is 77.9 Å². The Morgan fingerprint density at radius 1 is 1.17 bits per heavy atom. The van der Waals surface area contributed by atoms with Gasteiger partial charge in [-0.25, -0.2) is 14.4 Å². The van der Waals surface area contributed by atoms with Crippen molar-refractivity contribution in [1.29, 1.82) is 0 Å². The van der Waals surface area contributed by atoms with Gasteiger partial charge in [-0.15, -0.1) is 0 Å². The van der Waals surface area contributed by atoms with E-state index in [1.54, 1.807) is 18.2 Å². The van der Waals surface area contributed by atoms with Gasteiger partial charge in [-0.05, 0) is 68.4 Å². The molecule has 1 fully saturated rings. The van der Waals surface area contributed by atoms with Crippen LogP contribution in [0.2, 0.25) is 5.02 Å². The quantitative estimate of drug-likeness (QED) is 0.316.